The summed E-state index contributed by atoms with van der Waals surface area (Å²) < 4.78 is 21.0. The van der Waals surface area contributed by atoms with Crippen LogP contribution in [-0.2, 0) is 6.54 Å². The summed E-state index contributed by atoms with van der Waals surface area (Å²) in [4.78, 5) is 19.9. The molecule has 0 unspecified atom stereocenters. The van der Waals surface area contributed by atoms with Gasteiger partial charge in [0, 0.05) is 34.3 Å². The number of nitrogens with zero attached hydrogens (tertiary/aromatic N) is 2. The lowest BCUT2D eigenvalue weighted by molar-refractivity contribution is 0.0604. The van der Waals surface area contributed by atoms with Gasteiger partial charge in [0.05, 0.1) is 18.7 Å². The molecule has 5 rings (SSSR count). The van der Waals surface area contributed by atoms with E-state index in [1.807, 2.05) is 42.3 Å². The quantitative estimate of drug-likeness (QED) is 0.232. The van der Waals surface area contributed by atoms with Gasteiger partial charge in [0.15, 0.2) is 5.69 Å². The Kier molecular flexibility index (Phi) is 8.18. The molecule has 1 aromatic heterocycles. The molecule has 0 aliphatic heterocycles. The van der Waals surface area contributed by atoms with E-state index in [0.717, 1.165) is 42.4 Å². The third-order valence-electron chi connectivity index (χ3n) is 7.56. The fraction of sp³-hybridized carbons (Fsp3) is 0.290. The number of halogens is 2. The first-order valence-electron chi connectivity index (χ1n) is 12.9. The predicted molar refractivity (Wildman–Crippen MR) is 156 cm³/mol. The van der Waals surface area contributed by atoms with Crippen molar-refractivity contribution in [3.8, 4) is 16.9 Å². The van der Waals surface area contributed by atoms with Crippen molar-refractivity contribution in [2.45, 2.75) is 44.3 Å². The van der Waals surface area contributed by atoms with E-state index in [-0.39, 0.29) is 17.0 Å². The average Bonchev–Trinajstić information content (AvgIpc) is 3.32. The van der Waals surface area contributed by atoms with Crippen LogP contribution in [0.2, 0.25) is 5.02 Å². The topological polar surface area (TPSA) is 45.9 Å². The van der Waals surface area contributed by atoms with Crippen molar-refractivity contribution < 1.29 is 13.9 Å². The molecule has 0 saturated heterocycles. The van der Waals surface area contributed by atoms with Crippen LogP contribution >= 0.6 is 22.9 Å². The number of rotatable bonds is 7. The standard InChI is InChI=1S/C31H29ClFN3O2S/c1-34-22-10-7-19(8-11-22)20-9-16-26(38-3)21(17-20)18-36(24-14-12-23(35-2)13-15-24)31(37)30-29(32)28-25(33)5-4-6-27(28)39-30/h4-11,16-17,23-24,35H,12-15,18H2,2-3H3/t23-,24-. The van der Waals surface area contributed by atoms with Gasteiger partial charge in [-0.05, 0) is 68.1 Å². The zero-order valence-electron chi connectivity index (χ0n) is 21.8. The molecule has 0 spiro atoms. The van der Waals surface area contributed by atoms with E-state index in [1.54, 1.807) is 31.4 Å². The molecule has 1 N–H and O–H groups in total. The summed E-state index contributed by atoms with van der Waals surface area (Å²) in [5.41, 5.74) is 3.40. The van der Waals surface area contributed by atoms with Crippen molar-refractivity contribution in [3.63, 3.8) is 0 Å². The largest absolute Gasteiger partial charge is 0.496 e. The SMILES string of the molecule is [C-]#[N+]c1ccc(-c2ccc(OC)c(CN(C(=O)c3sc4cccc(F)c4c3Cl)[C@H]3CC[C@H](NC)CC3)c2)cc1. The van der Waals surface area contributed by atoms with Crippen LogP contribution in [0.4, 0.5) is 10.1 Å². The molecule has 39 heavy (non-hydrogen) atoms. The van der Waals surface area contributed by atoms with Gasteiger partial charge in [-0.25, -0.2) is 9.24 Å². The summed E-state index contributed by atoms with van der Waals surface area (Å²) in [5.74, 6) is 0.0709. The number of carbonyl (C=O) groups excluding carboxylic acids is 1. The molecule has 1 aliphatic carbocycles. The number of carbonyl (C=O) groups is 1. The summed E-state index contributed by atoms with van der Waals surface area (Å²) in [6.07, 6.45) is 3.64. The summed E-state index contributed by atoms with van der Waals surface area (Å²) in [6, 6.07) is 18.6. The van der Waals surface area contributed by atoms with Crippen LogP contribution in [0.1, 0.15) is 40.9 Å². The van der Waals surface area contributed by atoms with Crippen molar-refractivity contribution in [2.75, 3.05) is 14.2 Å². The minimum atomic E-state index is -0.424. The highest BCUT2D eigenvalue weighted by molar-refractivity contribution is 7.21. The molecule has 5 nitrogen and oxygen atoms in total. The Morgan fingerprint density at radius 3 is 2.49 bits per heavy atom. The number of nitrogens with one attached hydrogen (secondary N) is 1. The highest BCUT2D eigenvalue weighted by atomic mass is 35.5. The molecule has 0 bridgehead atoms. The number of fused-ring (bicyclic) bond motifs is 1. The lowest BCUT2D eigenvalue weighted by Crippen LogP contribution is -2.44. The summed E-state index contributed by atoms with van der Waals surface area (Å²) in [6.45, 7) is 7.55. The lowest BCUT2D eigenvalue weighted by Gasteiger charge is -2.37. The minimum absolute atomic E-state index is 0.0135. The molecule has 1 amide bonds. The number of ether oxygens (including phenoxy) is 1. The van der Waals surface area contributed by atoms with Crippen LogP contribution < -0.4 is 10.1 Å². The number of thiophene rings is 1. The Labute approximate surface area is 237 Å². The summed E-state index contributed by atoms with van der Waals surface area (Å²) in [7, 11) is 3.60. The molecular weight excluding hydrogens is 533 g/mol. The zero-order chi connectivity index (χ0) is 27.5. The highest BCUT2D eigenvalue weighted by Gasteiger charge is 2.32. The van der Waals surface area contributed by atoms with Gasteiger partial charge < -0.3 is 15.0 Å². The fourth-order valence-electron chi connectivity index (χ4n) is 5.38. The molecule has 1 heterocycles. The Balaban J connectivity index is 1.53. The fourth-order valence-corrected chi connectivity index (χ4v) is 6.88. The second-order valence-corrected chi connectivity index (χ2v) is 11.2. The van der Waals surface area contributed by atoms with Gasteiger partial charge in [-0.1, -0.05) is 48.0 Å². The van der Waals surface area contributed by atoms with Gasteiger partial charge >= 0.3 is 0 Å². The van der Waals surface area contributed by atoms with Crippen LogP contribution in [0, 0.1) is 12.4 Å². The highest BCUT2D eigenvalue weighted by Crippen LogP contribution is 2.39. The Morgan fingerprint density at radius 1 is 1.13 bits per heavy atom. The molecule has 8 heteroatoms. The van der Waals surface area contributed by atoms with Crippen molar-refractivity contribution in [1.82, 2.24) is 10.2 Å². The van der Waals surface area contributed by atoms with Crippen molar-refractivity contribution in [1.29, 1.82) is 0 Å². The maximum atomic E-state index is 14.6. The number of methoxy groups -OCH3 is 1. The lowest BCUT2D eigenvalue weighted by atomic mass is 9.89. The van der Waals surface area contributed by atoms with Crippen LogP contribution in [0.15, 0.2) is 60.7 Å². The molecule has 3 aromatic carbocycles. The van der Waals surface area contributed by atoms with Gasteiger partial charge in [0.2, 0.25) is 0 Å². The van der Waals surface area contributed by atoms with E-state index < -0.39 is 5.82 Å². The Bertz CT molecular complexity index is 1540. The maximum Gasteiger partial charge on any atom is 0.266 e. The third kappa shape index (κ3) is 5.51. The van der Waals surface area contributed by atoms with Crippen molar-refractivity contribution in [2.24, 2.45) is 0 Å². The Hall–Kier alpha value is -3.44. The maximum absolute atomic E-state index is 14.6. The molecule has 4 aromatic rings. The molecule has 1 aliphatic rings. The number of amides is 1. The molecule has 0 atom stereocenters. The Morgan fingerprint density at radius 2 is 1.85 bits per heavy atom. The van der Waals surface area contributed by atoms with Crippen molar-refractivity contribution >= 4 is 44.6 Å². The molecule has 200 valence electrons. The van der Waals surface area contributed by atoms with Crippen LogP contribution in [0.25, 0.3) is 26.1 Å². The van der Waals surface area contributed by atoms with Gasteiger partial charge in [-0.3, -0.25) is 4.79 Å². The van der Waals surface area contributed by atoms with E-state index in [0.29, 0.717) is 39.0 Å². The van der Waals surface area contributed by atoms with Gasteiger partial charge in [0.25, 0.3) is 5.91 Å². The van der Waals surface area contributed by atoms with Gasteiger partial charge in [-0.2, -0.15) is 0 Å². The summed E-state index contributed by atoms with van der Waals surface area (Å²) in [5, 5.41) is 3.83. The van der Waals surface area contributed by atoms with Crippen LogP contribution in [0.3, 0.4) is 0 Å². The molecule has 1 fully saturated rings. The predicted octanol–water partition coefficient (Wildman–Crippen LogP) is 8.09. The second-order valence-electron chi connectivity index (χ2n) is 9.77. The van der Waals surface area contributed by atoms with Gasteiger partial charge in [-0.15, -0.1) is 11.3 Å². The van der Waals surface area contributed by atoms with E-state index in [2.05, 4.69) is 10.2 Å². The van der Waals surface area contributed by atoms with E-state index in [1.165, 1.54) is 17.4 Å². The summed E-state index contributed by atoms with van der Waals surface area (Å²) >= 11 is 7.88. The van der Waals surface area contributed by atoms with Crippen molar-refractivity contribution in [3.05, 3.63) is 93.4 Å². The normalized spacial score (nSPS) is 17.1. The number of benzene rings is 3. The molecule has 1 saturated carbocycles. The second kappa shape index (κ2) is 11.7. The minimum Gasteiger partial charge on any atom is -0.496 e. The third-order valence-corrected chi connectivity index (χ3v) is 9.19. The van der Waals surface area contributed by atoms with E-state index in [9.17, 15) is 9.18 Å². The number of hydrogen-bond donors (Lipinski definition) is 1. The monoisotopic (exact) mass is 561 g/mol. The average molecular weight is 562 g/mol. The zero-order valence-corrected chi connectivity index (χ0v) is 23.4. The van der Waals surface area contributed by atoms with Gasteiger partial charge in [0.1, 0.15) is 16.4 Å². The first-order chi connectivity index (χ1) is 18.9. The smallest absolute Gasteiger partial charge is 0.266 e. The molecule has 0 radical (unpaired) electrons. The van der Waals surface area contributed by atoms with Crippen LogP contribution in [-0.4, -0.2) is 37.0 Å². The first kappa shape index (κ1) is 27.1. The van der Waals surface area contributed by atoms with E-state index >= 15 is 0 Å². The number of hydrogen-bond acceptors (Lipinski definition) is 4. The first-order valence-corrected chi connectivity index (χ1v) is 14.1. The van der Waals surface area contributed by atoms with Crippen LogP contribution in [0.5, 0.6) is 5.75 Å². The molecular formula is C31H29ClFN3O2S. The van der Waals surface area contributed by atoms with E-state index in [4.69, 9.17) is 22.9 Å².